The first-order valence-corrected chi connectivity index (χ1v) is 4.26. The maximum Gasteiger partial charge on any atom is 0.384 e. The van der Waals surface area contributed by atoms with E-state index < -0.39 is 18.9 Å². The van der Waals surface area contributed by atoms with Gasteiger partial charge >= 0.3 is 6.11 Å². The van der Waals surface area contributed by atoms with Crippen LogP contribution in [0, 0.1) is 0 Å². The molecule has 1 fully saturated rings. The number of halogens is 3. The molecule has 0 aromatic rings. The molecule has 1 aliphatic carbocycles. The van der Waals surface area contributed by atoms with Crippen LogP contribution in [0.1, 0.15) is 32.1 Å². The predicted octanol–water partition coefficient (Wildman–Crippen LogP) is 2.90. The highest BCUT2D eigenvalue weighted by atomic mass is 19.3. The molecule has 0 aromatic heterocycles. The Morgan fingerprint density at radius 2 is 1.75 bits per heavy atom. The van der Waals surface area contributed by atoms with Crippen molar-refractivity contribution >= 4 is 0 Å². The van der Waals surface area contributed by atoms with Crippen molar-refractivity contribution in [2.75, 3.05) is 6.67 Å². The second kappa shape index (κ2) is 4.12. The molecule has 72 valence electrons. The summed E-state index contributed by atoms with van der Waals surface area (Å²) in [5.74, 6) is 0. The van der Waals surface area contributed by atoms with Gasteiger partial charge in [-0.25, -0.2) is 4.39 Å². The van der Waals surface area contributed by atoms with Gasteiger partial charge in [-0.2, -0.15) is 8.78 Å². The molecule has 0 spiro atoms. The average molecular weight is 182 g/mol. The summed E-state index contributed by atoms with van der Waals surface area (Å²) in [6.45, 7) is -1.72. The van der Waals surface area contributed by atoms with Gasteiger partial charge in [-0.1, -0.05) is 19.3 Å². The van der Waals surface area contributed by atoms with Crippen LogP contribution in [-0.4, -0.2) is 18.9 Å². The Morgan fingerprint density at radius 3 is 2.25 bits per heavy atom. The minimum absolute atomic E-state index is 0.440. The van der Waals surface area contributed by atoms with Gasteiger partial charge in [0.1, 0.15) is 0 Å². The Labute approximate surface area is 69.9 Å². The first-order valence-electron chi connectivity index (χ1n) is 4.26. The molecule has 0 amide bonds. The summed E-state index contributed by atoms with van der Waals surface area (Å²) in [6.07, 6.45) is 0.151. The molecule has 1 nitrogen and oxygen atoms in total. The molecule has 1 aliphatic rings. The van der Waals surface area contributed by atoms with Gasteiger partial charge in [0, 0.05) is 0 Å². The zero-order valence-electron chi connectivity index (χ0n) is 6.86. The molecule has 0 N–H and O–H groups in total. The quantitative estimate of drug-likeness (QED) is 0.652. The summed E-state index contributed by atoms with van der Waals surface area (Å²) >= 11 is 0. The fraction of sp³-hybridized carbons (Fsp3) is 1.00. The number of rotatable bonds is 3. The molecule has 0 saturated heterocycles. The largest absolute Gasteiger partial charge is 0.384 e. The van der Waals surface area contributed by atoms with Gasteiger partial charge in [0.15, 0.2) is 6.67 Å². The van der Waals surface area contributed by atoms with E-state index in [4.69, 9.17) is 0 Å². The zero-order valence-corrected chi connectivity index (χ0v) is 6.86. The molecule has 1 rings (SSSR count). The van der Waals surface area contributed by atoms with Gasteiger partial charge in [-0.3, -0.25) is 0 Å². The van der Waals surface area contributed by atoms with E-state index in [1.165, 1.54) is 0 Å². The van der Waals surface area contributed by atoms with Gasteiger partial charge in [-0.15, -0.1) is 0 Å². The predicted molar refractivity (Wildman–Crippen MR) is 38.9 cm³/mol. The lowest BCUT2D eigenvalue weighted by molar-refractivity contribution is -0.272. The van der Waals surface area contributed by atoms with Crippen molar-refractivity contribution in [3.63, 3.8) is 0 Å². The van der Waals surface area contributed by atoms with Crippen LogP contribution in [0.15, 0.2) is 0 Å². The van der Waals surface area contributed by atoms with Crippen LogP contribution in [0.2, 0.25) is 0 Å². The molecular weight excluding hydrogens is 169 g/mol. The smallest absolute Gasteiger partial charge is 0.315 e. The number of alkyl halides is 3. The van der Waals surface area contributed by atoms with E-state index in [1.807, 2.05) is 0 Å². The van der Waals surface area contributed by atoms with Crippen molar-refractivity contribution in [2.45, 2.75) is 44.3 Å². The summed E-state index contributed by atoms with van der Waals surface area (Å²) in [6, 6.07) is 0. The van der Waals surface area contributed by atoms with Gasteiger partial charge in [-0.05, 0) is 12.8 Å². The van der Waals surface area contributed by atoms with E-state index >= 15 is 0 Å². The average Bonchev–Trinajstić information content (AvgIpc) is 2.06. The Bertz CT molecular complexity index is 132. The van der Waals surface area contributed by atoms with Crippen LogP contribution in [0.4, 0.5) is 13.2 Å². The van der Waals surface area contributed by atoms with E-state index in [0.29, 0.717) is 12.8 Å². The lowest BCUT2D eigenvalue weighted by Gasteiger charge is -2.25. The second-order valence-electron chi connectivity index (χ2n) is 3.15. The highest BCUT2D eigenvalue weighted by molar-refractivity contribution is 4.67. The van der Waals surface area contributed by atoms with Crippen molar-refractivity contribution in [3.05, 3.63) is 0 Å². The summed E-state index contributed by atoms with van der Waals surface area (Å²) in [5.41, 5.74) is 0. The normalized spacial score (nSPS) is 21.2. The lowest BCUT2D eigenvalue weighted by atomic mass is 9.98. The van der Waals surface area contributed by atoms with Crippen molar-refractivity contribution in [2.24, 2.45) is 0 Å². The number of ether oxygens (including phenoxy) is 1. The third-order valence-electron chi connectivity index (χ3n) is 2.05. The number of hydrogen-bond acceptors (Lipinski definition) is 1. The fourth-order valence-electron chi connectivity index (χ4n) is 1.46. The van der Waals surface area contributed by atoms with Crippen molar-refractivity contribution < 1.29 is 17.9 Å². The SMILES string of the molecule is FCC(F)(F)OC1CCCCC1. The number of hydrogen-bond donors (Lipinski definition) is 0. The highest BCUT2D eigenvalue weighted by Crippen LogP contribution is 2.26. The zero-order chi connectivity index (χ0) is 9.03. The van der Waals surface area contributed by atoms with E-state index in [0.717, 1.165) is 19.3 Å². The van der Waals surface area contributed by atoms with Crippen LogP contribution in [0.5, 0.6) is 0 Å². The standard InChI is InChI=1S/C8H13F3O/c9-6-8(10,11)12-7-4-2-1-3-5-7/h7H,1-6H2. The van der Waals surface area contributed by atoms with Gasteiger partial charge in [0.05, 0.1) is 6.10 Å². The maximum absolute atomic E-state index is 12.3. The van der Waals surface area contributed by atoms with E-state index in [9.17, 15) is 13.2 Å². The van der Waals surface area contributed by atoms with Crippen LogP contribution in [-0.2, 0) is 4.74 Å². The molecule has 12 heavy (non-hydrogen) atoms. The topological polar surface area (TPSA) is 9.23 Å². The van der Waals surface area contributed by atoms with Gasteiger partial charge < -0.3 is 4.74 Å². The second-order valence-corrected chi connectivity index (χ2v) is 3.15. The summed E-state index contributed by atoms with van der Waals surface area (Å²) < 4.78 is 40.7. The van der Waals surface area contributed by atoms with Crippen LogP contribution >= 0.6 is 0 Å². The van der Waals surface area contributed by atoms with E-state index in [1.54, 1.807) is 0 Å². The Kier molecular flexibility index (Phi) is 3.38. The monoisotopic (exact) mass is 182 g/mol. The molecular formula is C8H13F3O. The summed E-state index contributed by atoms with van der Waals surface area (Å²) in [4.78, 5) is 0. The Morgan fingerprint density at radius 1 is 1.17 bits per heavy atom. The van der Waals surface area contributed by atoms with Crippen molar-refractivity contribution in [1.82, 2.24) is 0 Å². The highest BCUT2D eigenvalue weighted by Gasteiger charge is 2.34. The molecule has 0 radical (unpaired) electrons. The first-order chi connectivity index (χ1) is 5.64. The van der Waals surface area contributed by atoms with Crippen molar-refractivity contribution in [1.29, 1.82) is 0 Å². The van der Waals surface area contributed by atoms with Gasteiger partial charge in [0.2, 0.25) is 0 Å². The lowest BCUT2D eigenvalue weighted by Crippen LogP contribution is -2.31. The summed E-state index contributed by atoms with van der Waals surface area (Å²) in [5, 5.41) is 0. The molecule has 0 atom stereocenters. The molecule has 0 aromatic carbocycles. The minimum atomic E-state index is -3.57. The molecule has 4 heteroatoms. The van der Waals surface area contributed by atoms with Crippen LogP contribution in [0.25, 0.3) is 0 Å². The Hall–Kier alpha value is -0.250. The third-order valence-corrected chi connectivity index (χ3v) is 2.05. The van der Waals surface area contributed by atoms with E-state index in [-0.39, 0.29) is 0 Å². The fourth-order valence-corrected chi connectivity index (χ4v) is 1.46. The Balaban J connectivity index is 2.28. The van der Waals surface area contributed by atoms with E-state index in [2.05, 4.69) is 4.74 Å². The summed E-state index contributed by atoms with van der Waals surface area (Å²) in [7, 11) is 0. The molecule has 0 aliphatic heterocycles. The molecule has 1 saturated carbocycles. The minimum Gasteiger partial charge on any atom is -0.315 e. The molecule has 0 bridgehead atoms. The molecule has 0 unspecified atom stereocenters. The van der Waals surface area contributed by atoms with Crippen molar-refractivity contribution in [3.8, 4) is 0 Å². The maximum atomic E-state index is 12.3. The van der Waals surface area contributed by atoms with Crippen LogP contribution < -0.4 is 0 Å². The third kappa shape index (κ3) is 3.01. The molecule has 0 heterocycles. The van der Waals surface area contributed by atoms with Crippen LogP contribution in [0.3, 0.4) is 0 Å². The first kappa shape index (κ1) is 9.84. The van der Waals surface area contributed by atoms with Gasteiger partial charge in [0.25, 0.3) is 0 Å².